The second-order valence-corrected chi connectivity index (χ2v) is 5.36. The van der Waals surface area contributed by atoms with Crippen molar-refractivity contribution in [2.24, 2.45) is 0 Å². The minimum atomic E-state index is -0.309. The standard InChI is InChI=1S/C14H15BrFN3O/c1-8(2)20-14-11(17)4-6-13(19-14)18-12-5-3-9(16)7-10(12)15/h3-8H,17H2,1-2H3,(H,18,19). The van der Waals surface area contributed by atoms with Gasteiger partial charge in [0.1, 0.15) is 11.6 Å². The van der Waals surface area contributed by atoms with Gasteiger partial charge in [0.15, 0.2) is 0 Å². The van der Waals surface area contributed by atoms with Crippen molar-refractivity contribution in [1.29, 1.82) is 0 Å². The van der Waals surface area contributed by atoms with Crippen LogP contribution in [0, 0.1) is 5.82 Å². The summed E-state index contributed by atoms with van der Waals surface area (Å²) in [5, 5.41) is 3.08. The van der Waals surface area contributed by atoms with Gasteiger partial charge in [0, 0.05) is 4.47 Å². The summed E-state index contributed by atoms with van der Waals surface area (Å²) in [6, 6.07) is 7.82. The average molecular weight is 340 g/mol. The molecule has 1 aromatic carbocycles. The van der Waals surface area contributed by atoms with Gasteiger partial charge < -0.3 is 15.8 Å². The number of hydrogen-bond donors (Lipinski definition) is 2. The number of nitrogens with zero attached hydrogens (tertiary/aromatic N) is 1. The summed E-state index contributed by atoms with van der Waals surface area (Å²) in [5.41, 5.74) is 6.99. The van der Waals surface area contributed by atoms with Crippen LogP contribution < -0.4 is 15.8 Å². The van der Waals surface area contributed by atoms with E-state index in [0.717, 1.165) is 0 Å². The number of aromatic nitrogens is 1. The summed E-state index contributed by atoms with van der Waals surface area (Å²) < 4.78 is 19.2. The molecule has 2 aromatic rings. The summed E-state index contributed by atoms with van der Waals surface area (Å²) in [6.07, 6.45) is -0.0161. The van der Waals surface area contributed by atoms with Gasteiger partial charge >= 0.3 is 0 Å². The average Bonchev–Trinajstić information content (AvgIpc) is 2.36. The van der Waals surface area contributed by atoms with E-state index in [1.165, 1.54) is 12.1 Å². The number of hydrogen-bond acceptors (Lipinski definition) is 4. The van der Waals surface area contributed by atoms with Crippen LogP contribution in [-0.4, -0.2) is 11.1 Å². The summed E-state index contributed by atoms with van der Waals surface area (Å²) >= 11 is 3.29. The van der Waals surface area contributed by atoms with Crippen molar-refractivity contribution in [1.82, 2.24) is 4.98 Å². The molecule has 4 nitrogen and oxygen atoms in total. The molecule has 0 atom stereocenters. The maximum atomic E-state index is 13.0. The normalized spacial score (nSPS) is 10.7. The molecule has 0 bridgehead atoms. The number of nitrogens with two attached hydrogens (primary N) is 1. The monoisotopic (exact) mass is 339 g/mol. The van der Waals surface area contributed by atoms with Gasteiger partial charge in [0.05, 0.1) is 17.5 Å². The molecule has 6 heteroatoms. The highest BCUT2D eigenvalue weighted by Gasteiger charge is 2.08. The molecule has 0 aliphatic carbocycles. The van der Waals surface area contributed by atoms with Crippen LogP contribution in [0.5, 0.6) is 5.88 Å². The zero-order chi connectivity index (χ0) is 14.7. The molecule has 0 amide bonds. The van der Waals surface area contributed by atoms with Crippen molar-refractivity contribution >= 4 is 33.1 Å². The first-order valence-corrected chi connectivity index (χ1v) is 6.90. The predicted octanol–water partition coefficient (Wildman–Crippen LogP) is 4.10. The Morgan fingerprint density at radius 2 is 2.05 bits per heavy atom. The topological polar surface area (TPSA) is 60.2 Å². The number of nitrogen functional groups attached to an aromatic ring is 1. The Morgan fingerprint density at radius 1 is 1.30 bits per heavy atom. The largest absolute Gasteiger partial charge is 0.473 e. The van der Waals surface area contributed by atoms with E-state index in [2.05, 4.69) is 26.2 Å². The number of rotatable bonds is 4. The molecule has 20 heavy (non-hydrogen) atoms. The van der Waals surface area contributed by atoms with Gasteiger partial charge in [-0.1, -0.05) is 0 Å². The maximum Gasteiger partial charge on any atom is 0.239 e. The number of ether oxygens (including phenoxy) is 1. The Kier molecular flexibility index (Phi) is 4.44. The zero-order valence-electron chi connectivity index (χ0n) is 11.2. The van der Waals surface area contributed by atoms with Gasteiger partial charge in [-0.3, -0.25) is 0 Å². The molecule has 1 aromatic heterocycles. The lowest BCUT2D eigenvalue weighted by Gasteiger charge is -2.13. The highest BCUT2D eigenvalue weighted by atomic mass is 79.9. The molecule has 0 aliphatic rings. The van der Waals surface area contributed by atoms with Crippen LogP contribution in [0.1, 0.15) is 13.8 Å². The number of halogens is 2. The Hall–Kier alpha value is -1.82. The highest BCUT2D eigenvalue weighted by Crippen LogP contribution is 2.28. The predicted molar refractivity (Wildman–Crippen MR) is 81.8 cm³/mol. The molecule has 0 aliphatic heterocycles. The van der Waals surface area contributed by atoms with E-state index in [9.17, 15) is 4.39 Å². The third kappa shape index (κ3) is 3.60. The Balaban J connectivity index is 2.25. The fourth-order valence-corrected chi connectivity index (χ4v) is 2.02. The minimum Gasteiger partial charge on any atom is -0.473 e. The van der Waals surface area contributed by atoms with E-state index >= 15 is 0 Å². The minimum absolute atomic E-state index is 0.0161. The lowest BCUT2D eigenvalue weighted by atomic mass is 10.3. The van der Waals surface area contributed by atoms with Crippen LogP contribution in [-0.2, 0) is 0 Å². The zero-order valence-corrected chi connectivity index (χ0v) is 12.7. The summed E-state index contributed by atoms with van der Waals surface area (Å²) in [5.74, 6) is 0.641. The summed E-state index contributed by atoms with van der Waals surface area (Å²) in [6.45, 7) is 3.80. The second-order valence-electron chi connectivity index (χ2n) is 4.51. The van der Waals surface area contributed by atoms with Crippen LogP contribution in [0.15, 0.2) is 34.8 Å². The van der Waals surface area contributed by atoms with Crippen LogP contribution in [0.25, 0.3) is 0 Å². The maximum absolute atomic E-state index is 13.0. The van der Waals surface area contributed by atoms with Crippen molar-refractivity contribution in [2.75, 3.05) is 11.1 Å². The number of anilines is 3. The molecule has 0 fully saturated rings. The van der Waals surface area contributed by atoms with Crippen molar-refractivity contribution in [2.45, 2.75) is 20.0 Å². The fraction of sp³-hybridized carbons (Fsp3) is 0.214. The first-order chi connectivity index (χ1) is 9.45. The third-order valence-corrected chi connectivity index (χ3v) is 3.09. The molecule has 0 saturated carbocycles. The molecule has 3 N–H and O–H groups in total. The highest BCUT2D eigenvalue weighted by molar-refractivity contribution is 9.10. The summed E-state index contributed by atoms with van der Waals surface area (Å²) in [4.78, 5) is 4.30. The van der Waals surface area contributed by atoms with Crippen molar-refractivity contribution in [3.8, 4) is 5.88 Å². The van der Waals surface area contributed by atoms with Gasteiger partial charge in [-0.05, 0) is 60.1 Å². The molecule has 0 saturated heterocycles. The first-order valence-electron chi connectivity index (χ1n) is 6.11. The molecule has 1 heterocycles. The first kappa shape index (κ1) is 14.6. The van der Waals surface area contributed by atoms with Crippen molar-refractivity contribution in [3.05, 3.63) is 40.6 Å². The van der Waals surface area contributed by atoms with E-state index in [4.69, 9.17) is 10.5 Å². The molecule has 0 unspecified atom stereocenters. The lowest BCUT2D eigenvalue weighted by molar-refractivity contribution is 0.234. The van der Waals surface area contributed by atoms with E-state index in [1.54, 1.807) is 18.2 Å². The van der Waals surface area contributed by atoms with Crippen LogP contribution in [0.3, 0.4) is 0 Å². The van der Waals surface area contributed by atoms with E-state index in [0.29, 0.717) is 27.5 Å². The van der Waals surface area contributed by atoms with Crippen LogP contribution in [0.2, 0.25) is 0 Å². The summed E-state index contributed by atoms with van der Waals surface area (Å²) in [7, 11) is 0. The molecule has 0 radical (unpaired) electrons. The van der Waals surface area contributed by atoms with E-state index < -0.39 is 0 Å². The number of pyridine rings is 1. The Morgan fingerprint density at radius 3 is 2.70 bits per heavy atom. The SMILES string of the molecule is CC(C)Oc1nc(Nc2ccc(F)cc2Br)ccc1N. The lowest BCUT2D eigenvalue weighted by Crippen LogP contribution is -2.09. The molecular formula is C14H15BrFN3O. The van der Waals surface area contributed by atoms with Gasteiger partial charge in [-0.25, -0.2) is 4.39 Å². The van der Waals surface area contributed by atoms with Crippen molar-refractivity contribution < 1.29 is 9.13 Å². The van der Waals surface area contributed by atoms with Gasteiger partial charge in [-0.2, -0.15) is 4.98 Å². The molecule has 106 valence electrons. The van der Waals surface area contributed by atoms with E-state index in [1.807, 2.05) is 13.8 Å². The molecule has 0 spiro atoms. The molecular weight excluding hydrogens is 325 g/mol. The van der Waals surface area contributed by atoms with Gasteiger partial charge in [0.25, 0.3) is 0 Å². The quantitative estimate of drug-likeness (QED) is 0.880. The smallest absolute Gasteiger partial charge is 0.239 e. The van der Waals surface area contributed by atoms with Gasteiger partial charge in [-0.15, -0.1) is 0 Å². The Bertz CT molecular complexity index is 619. The van der Waals surface area contributed by atoms with E-state index in [-0.39, 0.29) is 11.9 Å². The third-order valence-electron chi connectivity index (χ3n) is 2.43. The van der Waals surface area contributed by atoms with Crippen molar-refractivity contribution in [3.63, 3.8) is 0 Å². The van der Waals surface area contributed by atoms with Crippen LogP contribution in [0.4, 0.5) is 21.6 Å². The number of benzene rings is 1. The van der Waals surface area contributed by atoms with Crippen LogP contribution >= 0.6 is 15.9 Å². The number of nitrogens with one attached hydrogen (secondary N) is 1. The fourth-order valence-electron chi connectivity index (χ4n) is 1.57. The Labute approximate surface area is 125 Å². The molecule has 2 rings (SSSR count). The van der Waals surface area contributed by atoms with Gasteiger partial charge in [0.2, 0.25) is 5.88 Å². The second kappa shape index (κ2) is 6.09.